The third-order valence-corrected chi connectivity index (χ3v) is 3.93. The van der Waals surface area contributed by atoms with E-state index in [9.17, 15) is 9.18 Å². The lowest BCUT2D eigenvalue weighted by molar-refractivity contribution is -0.134. The van der Waals surface area contributed by atoms with Gasteiger partial charge in [0.25, 0.3) is 0 Å². The fraction of sp³-hybridized carbons (Fsp3) is 0.100. The Hall–Kier alpha value is -3.81. The average molecular weight is 379 g/mol. The number of oxazole rings is 1. The minimum Gasteiger partial charge on any atom is -0.441 e. The van der Waals surface area contributed by atoms with Crippen LogP contribution in [0.2, 0.25) is 0 Å². The van der Waals surface area contributed by atoms with Gasteiger partial charge in [0.15, 0.2) is 11.7 Å². The zero-order valence-electron chi connectivity index (χ0n) is 14.5. The zero-order valence-corrected chi connectivity index (χ0v) is 14.5. The fourth-order valence-electron chi connectivity index (χ4n) is 2.57. The second kappa shape index (κ2) is 7.83. The quantitative estimate of drug-likeness (QED) is 0.368. The molecule has 2 aromatic carbocycles. The molecular formula is C20H14FN3O4. The normalized spacial score (nSPS) is 10.8. The third kappa shape index (κ3) is 3.96. The molecule has 4 rings (SSSR count). The summed E-state index contributed by atoms with van der Waals surface area (Å²) >= 11 is 0. The lowest BCUT2D eigenvalue weighted by atomic mass is 10.2. The SMILES string of the molecule is O=C(CCc1ncc(-c2ccccc2F)o1)Oc1ccc(-c2nnco2)cc1. The first-order chi connectivity index (χ1) is 13.7. The number of nitrogens with zero attached hydrogens (tertiary/aromatic N) is 3. The number of halogens is 1. The maximum absolute atomic E-state index is 13.8. The number of esters is 1. The second-order valence-corrected chi connectivity index (χ2v) is 5.84. The summed E-state index contributed by atoms with van der Waals surface area (Å²) in [5, 5.41) is 7.41. The van der Waals surface area contributed by atoms with Crippen LogP contribution in [0.4, 0.5) is 4.39 Å². The van der Waals surface area contributed by atoms with Gasteiger partial charge in [0, 0.05) is 12.0 Å². The molecule has 2 aromatic heterocycles. The van der Waals surface area contributed by atoms with E-state index < -0.39 is 11.8 Å². The molecule has 4 aromatic rings. The van der Waals surface area contributed by atoms with Gasteiger partial charge in [0.05, 0.1) is 18.2 Å². The van der Waals surface area contributed by atoms with Crippen molar-refractivity contribution in [2.24, 2.45) is 0 Å². The van der Waals surface area contributed by atoms with Crippen LogP contribution < -0.4 is 4.74 Å². The summed E-state index contributed by atoms with van der Waals surface area (Å²) in [4.78, 5) is 16.1. The van der Waals surface area contributed by atoms with Crippen molar-refractivity contribution in [1.82, 2.24) is 15.2 Å². The average Bonchev–Trinajstić information content (AvgIpc) is 3.40. The van der Waals surface area contributed by atoms with E-state index in [1.54, 1.807) is 42.5 Å². The molecular weight excluding hydrogens is 365 g/mol. The molecule has 2 heterocycles. The molecule has 0 saturated carbocycles. The molecule has 28 heavy (non-hydrogen) atoms. The summed E-state index contributed by atoms with van der Waals surface area (Å²) in [5.41, 5.74) is 1.04. The van der Waals surface area contributed by atoms with E-state index in [0.29, 0.717) is 28.9 Å². The van der Waals surface area contributed by atoms with Crippen LogP contribution in [-0.4, -0.2) is 21.2 Å². The first kappa shape index (κ1) is 17.6. The molecule has 0 unspecified atom stereocenters. The van der Waals surface area contributed by atoms with Crippen LogP contribution in [0.1, 0.15) is 12.3 Å². The lowest BCUT2D eigenvalue weighted by Crippen LogP contribution is -2.09. The molecule has 0 amide bonds. The van der Waals surface area contributed by atoms with Crippen molar-refractivity contribution in [2.75, 3.05) is 0 Å². The highest BCUT2D eigenvalue weighted by Gasteiger charge is 2.13. The van der Waals surface area contributed by atoms with Gasteiger partial charge >= 0.3 is 5.97 Å². The van der Waals surface area contributed by atoms with Crippen LogP contribution in [0.3, 0.4) is 0 Å². The lowest BCUT2D eigenvalue weighted by Gasteiger charge is -2.04. The Morgan fingerprint density at radius 3 is 2.68 bits per heavy atom. The van der Waals surface area contributed by atoms with E-state index in [-0.39, 0.29) is 12.8 Å². The number of carbonyl (C=O) groups excluding carboxylic acids is 1. The Bertz CT molecular complexity index is 1080. The van der Waals surface area contributed by atoms with Crippen LogP contribution in [0.5, 0.6) is 5.75 Å². The van der Waals surface area contributed by atoms with Gasteiger partial charge in [0.1, 0.15) is 11.6 Å². The Kier molecular flexibility index (Phi) is 4.92. The van der Waals surface area contributed by atoms with Gasteiger partial charge in [-0.05, 0) is 36.4 Å². The van der Waals surface area contributed by atoms with Crippen molar-refractivity contribution >= 4 is 5.97 Å². The van der Waals surface area contributed by atoms with E-state index in [0.717, 1.165) is 5.56 Å². The Labute approximate surface area is 158 Å². The molecule has 8 heteroatoms. The molecule has 0 bridgehead atoms. The molecule has 7 nitrogen and oxygen atoms in total. The van der Waals surface area contributed by atoms with E-state index in [1.165, 1.54) is 18.7 Å². The molecule has 140 valence electrons. The Balaban J connectivity index is 1.33. The molecule has 0 fully saturated rings. The maximum Gasteiger partial charge on any atom is 0.311 e. The van der Waals surface area contributed by atoms with Crippen molar-refractivity contribution in [1.29, 1.82) is 0 Å². The highest BCUT2D eigenvalue weighted by Crippen LogP contribution is 2.24. The van der Waals surface area contributed by atoms with Crippen LogP contribution in [-0.2, 0) is 11.2 Å². The number of carbonyl (C=O) groups is 1. The predicted octanol–water partition coefficient (Wildman–Crippen LogP) is 4.07. The van der Waals surface area contributed by atoms with Gasteiger partial charge in [-0.3, -0.25) is 4.79 Å². The van der Waals surface area contributed by atoms with Crippen molar-refractivity contribution in [3.63, 3.8) is 0 Å². The van der Waals surface area contributed by atoms with E-state index in [4.69, 9.17) is 13.6 Å². The van der Waals surface area contributed by atoms with Gasteiger partial charge < -0.3 is 13.6 Å². The summed E-state index contributed by atoms with van der Waals surface area (Å²) in [5.74, 6) is 0.602. The number of aromatic nitrogens is 3. The molecule has 0 atom stereocenters. The smallest absolute Gasteiger partial charge is 0.311 e. The van der Waals surface area contributed by atoms with Crippen LogP contribution in [0.15, 0.2) is 70.0 Å². The Morgan fingerprint density at radius 2 is 1.93 bits per heavy atom. The van der Waals surface area contributed by atoms with Crippen molar-refractivity contribution in [3.8, 4) is 28.5 Å². The zero-order chi connectivity index (χ0) is 19.3. The van der Waals surface area contributed by atoms with Crippen molar-refractivity contribution in [2.45, 2.75) is 12.8 Å². The highest BCUT2D eigenvalue weighted by atomic mass is 19.1. The monoisotopic (exact) mass is 379 g/mol. The largest absolute Gasteiger partial charge is 0.441 e. The topological polar surface area (TPSA) is 91.2 Å². The molecule has 0 aliphatic heterocycles. The molecule has 0 radical (unpaired) electrons. The van der Waals surface area contributed by atoms with Gasteiger partial charge in [-0.15, -0.1) is 10.2 Å². The fourth-order valence-corrected chi connectivity index (χ4v) is 2.57. The van der Waals surface area contributed by atoms with E-state index >= 15 is 0 Å². The first-order valence-corrected chi connectivity index (χ1v) is 8.46. The molecule has 0 spiro atoms. The van der Waals surface area contributed by atoms with Crippen LogP contribution in [0, 0.1) is 5.82 Å². The first-order valence-electron chi connectivity index (χ1n) is 8.46. The Morgan fingerprint density at radius 1 is 1.11 bits per heavy atom. The summed E-state index contributed by atoms with van der Waals surface area (Å²) in [7, 11) is 0. The standard InChI is InChI=1S/C20H14FN3O4/c21-16-4-2-1-3-15(16)17-11-22-18(28-17)9-10-19(25)27-14-7-5-13(6-8-14)20-24-23-12-26-20/h1-8,11-12H,9-10H2. The third-order valence-electron chi connectivity index (χ3n) is 3.93. The minimum absolute atomic E-state index is 0.0721. The van der Waals surface area contributed by atoms with Crippen LogP contribution >= 0.6 is 0 Å². The van der Waals surface area contributed by atoms with Gasteiger partial charge in [-0.2, -0.15) is 0 Å². The van der Waals surface area contributed by atoms with Gasteiger partial charge in [0.2, 0.25) is 12.3 Å². The maximum atomic E-state index is 13.8. The number of ether oxygens (including phenoxy) is 1. The van der Waals surface area contributed by atoms with Crippen molar-refractivity contribution in [3.05, 3.63) is 72.8 Å². The molecule has 0 aliphatic carbocycles. The van der Waals surface area contributed by atoms with E-state index in [1.807, 2.05) is 0 Å². The minimum atomic E-state index is -0.434. The summed E-state index contributed by atoms with van der Waals surface area (Å²) in [6, 6.07) is 13.0. The second-order valence-electron chi connectivity index (χ2n) is 5.84. The van der Waals surface area contributed by atoms with Crippen LogP contribution in [0.25, 0.3) is 22.8 Å². The summed E-state index contributed by atoms with van der Waals surface area (Å²) < 4.78 is 29.7. The van der Waals surface area contributed by atoms with Gasteiger partial charge in [-0.25, -0.2) is 9.37 Å². The highest BCUT2D eigenvalue weighted by molar-refractivity contribution is 5.72. The number of hydrogen-bond acceptors (Lipinski definition) is 7. The number of aryl methyl sites for hydroxylation is 1. The van der Waals surface area contributed by atoms with E-state index in [2.05, 4.69) is 15.2 Å². The molecule has 0 saturated heterocycles. The number of rotatable bonds is 6. The van der Waals surface area contributed by atoms with Crippen molar-refractivity contribution < 1.29 is 22.8 Å². The summed E-state index contributed by atoms with van der Waals surface area (Å²) in [6.07, 6.45) is 2.99. The predicted molar refractivity (Wildman–Crippen MR) is 95.6 cm³/mol. The summed E-state index contributed by atoms with van der Waals surface area (Å²) in [6.45, 7) is 0. The number of benzene rings is 2. The molecule has 0 N–H and O–H groups in total. The number of hydrogen-bond donors (Lipinski definition) is 0. The van der Waals surface area contributed by atoms with Gasteiger partial charge in [-0.1, -0.05) is 12.1 Å². The molecule has 0 aliphatic rings.